The summed E-state index contributed by atoms with van der Waals surface area (Å²) >= 11 is 0. The third-order valence-corrected chi connectivity index (χ3v) is 6.60. The van der Waals surface area contributed by atoms with E-state index in [0.717, 1.165) is 44.6 Å². The Bertz CT molecular complexity index is 837. The molecule has 0 radical (unpaired) electrons. The van der Waals surface area contributed by atoms with E-state index < -0.39 is 0 Å². The smallest absolute Gasteiger partial charge is 0.157 e. The van der Waals surface area contributed by atoms with Crippen LogP contribution in [0.5, 0.6) is 17.2 Å². The molecule has 5 nitrogen and oxygen atoms in total. The lowest BCUT2D eigenvalue weighted by Gasteiger charge is -2.25. The molecular formula is C27H42Cl2N2O3. The van der Waals surface area contributed by atoms with Gasteiger partial charge in [-0.2, -0.15) is 0 Å². The number of benzene rings is 2. The zero-order valence-corrected chi connectivity index (χ0v) is 22.0. The van der Waals surface area contributed by atoms with Crippen LogP contribution >= 0.6 is 24.8 Å². The van der Waals surface area contributed by atoms with Crippen LogP contribution in [0.1, 0.15) is 56.6 Å². The molecule has 2 aromatic rings. The fourth-order valence-electron chi connectivity index (χ4n) is 4.87. The average molecular weight is 514 g/mol. The van der Waals surface area contributed by atoms with Crippen LogP contribution < -0.4 is 0 Å². The minimum absolute atomic E-state index is 0. The molecule has 1 aliphatic heterocycles. The van der Waals surface area contributed by atoms with Crippen molar-refractivity contribution in [2.75, 3.05) is 32.7 Å². The number of unbranched alkanes of at least 4 members (excludes halogenated alkanes) is 2. The Morgan fingerprint density at radius 2 is 1.71 bits per heavy atom. The topological polar surface area (TPSA) is 67.2 Å². The van der Waals surface area contributed by atoms with Gasteiger partial charge in [-0.1, -0.05) is 31.5 Å². The number of hydrogen-bond acceptors (Lipinski definition) is 5. The lowest BCUT2D eigenvalue weighted by atomic mass is 10.0. The summed E-state index contributed by atoms with van der Waals surface area (Å²) in [7, 11) is 0. The molecule has 1 heterocycles. The zero-order chi connectivity index (χ0) is 22.8. The Morgan fingerprint density at radius 1 is 0.882 bits per heavy atom. The second kappa shape index (κ2) is 16.1. The number of hydrogen-bond donors (Lipinski definition) is 3. The van der Waals surface area contributed by atoms with Crippen LogP contribution in [0.15, 0.2) is 42.5 Å². The quantitative estimate of drug-likeness (QED) is 0.234. The summed E-state index contributed by atoms with van der Waals surface area (Å²) in [6.45, 7) is 7.87. The van der Waals surface area contributed by atoms with E-state index in [1.165, 1.54) is 50.6 Å². The summed E-state index contributed by atoms with van der Waals surface area (Å²) in [5, 5.41) is 28.9. The number of rotatable bonds is 13. The van der Waals surface area contributed by atoms with Gasteiger partial charge in [0.25, 0.3) is 0 Å². The normalized spacial score (nSPS) is 15.8. The van der Waals surface area contributed by atoms with Gasteiger partial charge in [0.15, 0.2) is 11.5 Å². The first-order chi connectivity index (χ1) is 15.5. The molecule has 2 aromatic carbocycles. The molecule has 0 bridgehead atoms. The zero-order valence-electron chi connectivity index (χ0n) is 20.4. The maximum atomic E-state index is 9.76. The molecule has 0 aromatic heterocycles. The Labute approximate surface area is 217 Å². The first-order valence-electron chi connectivity index (χ1n) is 12.3. The minimum atomic E-state index is -0.0453. The van der Waals surface area contributed by atoms with Crippen molar-refractivity contribution in [1.82, 2.24) is 9.80 Å². The fraction of sp³-hybridized carbons (Fsp3) is 0.556. The lowest BCUT2D eigenvalue weighted by molar-refractivity contribution is 0.238. The fourth-order valence-corrected chi connectivity index (χ4v) is 4.87. The van der Waals surface area contributed by atoms with E-state index in [9.17, 15) is 15.3 Å². The molecule has 0 saturated carbocycles. The summed E-state index contributed by atoms with van der Waals surface area (Å²) in [5.41, 5.74) is 2.30. The molecule has 1 fully saturated rings. The number of likely N-dealkylation sites (tertiary alicyclic amines) is 1. The minimum Gasteiger partial charge on any atom is -0.508 e. The first-order valence-corrected chi connectivity index (χ1v) is 12.3. The van der Waals surface area contributed by atoms with Gasteiger partial charge in [-0.3, -0.25) is 0 Å². The molecule has 7 heteroatoms. The van der Waals surface area contributed by atoms with Gasteiger partial charge in [0.2, 0.25) is 0 Å². The molecule has 34 heavy (non-hydrogen) atoms. The predicted octanol–water partition coefficient (Wildman–Crippen LogP) is 5.78. The van der Waals surface area contributed by atoms with Crippen LogP contribution in [0.3, 0.4) is 0 Å². The van der Waals surface area contributed by atoms with E-state index in [0.29, 0.717) is 11.8 Å². The van der Waals surface area contributed by atoms with Gasteiger partial charge in [0, 0.05) is 12.6 Å². The average Bonchev–Trinajstić information content (AvgIpc) is 3.21. The van der Waals surface area contributed by atoms with E-state index in [2.05, 4.69) is 22.8 Å². The predicted molar refractivity (Wildman–Crippen MR) is 145 cm³/mol. The Hall–Kier alpha value is -1.66. The van der Waals surface area contributed by atoms with E-state index in [4.69, 9.17) is 0 Å². The van der Waals surface area contributed by atoms with Crippen molar-refractivity contribution in [2.24, 2.45) is 0 Å². The van der Waals surface area contributed by atoms with Gasteiger partial charge in [0.1, 0.15) is 5.75 Å². The molecule has 1 saturated heterocycles. The van der Waals surface area contributed by atoms with Crippen LogP contribution in [0.4, 0.5) is 0 Å². The van der Waals surface area contributed by atoms with Crippen LogP contribution in [0, 0.1) is 0 Å². The Morgan fingerprint density at radius 3 is 2.44 bits per heavy atom. The van der Waals surface area contributed by atoms with Crippen LogP contribution in [0.25, 0.3) is 0 Å². The molecule has 3 N–H and O–H groups in total. The Kier molecular flexibility index (Phi) is 14.4. The molecule has 0 spiro atoms. The summed E-state index contributed by atoms with van der Waals surface area (Å²) in [4.78, 5) is 5.16. The first kappa shape index (κ1) is 30.4. The van der Waals surface area contributed by atoms with Crippen molar-refractivity contribution in [1.29, 1.82) is 0 Å². The molecular weight excluding hydrogens is 471 g/mol. The third-order valence-electron chi connectivity index (χ3n) is 6.60. The third kappa shape index (κ3) is 9.91. The van der Waals surface area contributed by atoms with Crippen LogP contribution in [0.2, 0.25) is 0 Å². The lowest BCUT2D eigenvalue weighted by Crippen LogP contribution is -2.32. The number of aromatic hydroxyl groups is 3. The van der Waals surface area contributed by atoms with Gasteiger partial charge in [0.05, 0.1) is 0 Å². The van der Waals surface area contributed by atoms with Gasteiger partial charge in [-0.25, -0.2) is 0 Å². The monoisotopic (exact) mass is 512 g/mol. The van der Waals surface area contributed by atoms with Gasteiger partial charge in [-0.05, 0) is 107 Å². The molecule has 0 aliphatic carbocycles. The summed E-state index contributed by atoms with van der Waals surface area (Å²) in [6, 6.07) is 13.4. The highest BCUT2D eigenvalue weighted by Gasteiger charge is 2.24. The number of phenols is 3. The van der Waals surface area contributed by atoms with E-state index >= 15 is 0 Å². The number of nitrogens with zero attached hydrogens (tertiary/aromatic N) is 2. The van der Waals surface area contributed by atoms with Gasteiger partial charge < -0.3 is 25.1 Å². The maximum absolute atomic E-state index is 9.76. The van der Waals surface area contributed by atoms with E-state index in [1.54, 1.807) is 18.2 Å². The van der Waals surface area contributed by atoms with Gasteiger partial charge in [-0.15, -0.1) is 24.8 Å². The largest absolute Gasteiger partial charge is 0.508 e. The van der Waals surface area contributed by atoms with Crippen molar-refractivity contribution < 1.29 is 15.3 Å². The summed E-state index contributed by atoms with van der Waals surface area (Å²) < 4.78 is 0. The molecule has 192 valence electrons. The summed E-state index contributed by atoms with van der Waals surface area (Å²) in [5.74, 6) is 0.288. The maximum Gasteiger partial charge on any atom is 0.157 e. The molecule has 0 amide bonds. The van der Waals surface area contributed by atoms with Crippen molar-refractivity contribution in [3.63, 3.8) is 0 Å². The molecule has 1 atom stereocenters. The SMILES string of the molecule is CCCN(CCCCCN1CCC[C@@H]1Cc1ccc(O)c(O)c1)CCc1cccc(O)c1.Cl.Cl. The van der Waals surface area contributed by atoms with Crippen molar-refractivity contribution >= 4 is 24.8 Å². The molecule has 0 unspecified atom stereocenters. The number of phenolic OH excluding ortho intramolecular Hbond substituents is 3. The van der Waals surface area contributed by atoms with Crippen molar-refractivity contribution in [3.8, 4) is 17.2 Å². The molecule has 1 aliphatic rings. The van der Waals surface area contributed by atoms with Gasteiger partial charge >= 0.3 is 0 Å². The summed E-state index contributed by atoms with van der Waals surface area (Å²) in [6.07, 6.45) is 9.24. The van der Waals surface area contributed by atoms with Crippen LogP contribution in [-0.2, 0) is 12.8 Å². The standard InChI is InChI=1S/C27H40N2O3.2ClH/c1-2-14-28(18-13-22-8-6-10-25(30)20-22)15-4-3-5-16-29-17-7-9-24(29)19-23-11-12-26(31)27(32)21-23;;/h6,8,10-12,20-21,24,30-32H,2-5,7,9,13-19H2,1H3;2*1H/t24-;;/m1../s1. The Balaban J connectivity index is 0.00000289. The second-order valence-electron chi connectivity index (χ2n) is 9.18. The van der Waals surface area contributed by atoms with Crippen LogP contribution in [-0.4, -0.2) is 63.9 Å². The highest BCUT2D eigenvalue weighted by molar-refractivity contribution is 5.85. The number of halogens is 2. The highest BCUT2D eigenvalue weighted by atomic mass is 35.5. The second-order valence-corrected chi connectivity index (χ2v) is 9.18. The van der Waals surface area contributed by atoms with Crippen molar-refractivity contribution in [3.05, 3.63) is 53.6 Å². The van der Waals surface area contributed by atoms with E-state index in [-0.39, 0.29) is 36.3 Å². The van der Waals surface area contributed by atoms with E-state index in [1.807, 2.05) is 18.2 Å². The van der Waals surface area contributed by atoms with Crippen molar-refractivity contribution in [2.45, 2.75) is 64.3 Å². The highest BCUT2D eigenvalue weighted by Crippen LogP contribution is 2.28. The molecule has 3 rings (SSSR count).